The number of rotatable bonds is 7. The van der Waals surface area contributed by atoms with Crippen LogP contribution in [0.5, 0.6) is 5.75 Å². The molecule has 1 aromatic carbocycles. The van der Waals surface area contributed by atoms with E-state index in [1.807, 2.05) is 0 Å². The number of nitrogens with two attached hydrogens (primary N) is 1. The molecule has 0 bridgehead atoms. The Bertz CT molecular complexity index is 1100. The van der Waals surface area contributed by atoms with E-state index in [9.17, 15) is 9.90 Å². The van der Waals surface area contributed by atoms with Gasteiger partial charge in [-0.15, -0.1) is 5.10 Å². The normalized spacial score (nSPS) is 15.8. The Hall–Kier alpha value is -3.80. The number of hydrogen-bond acceptors (Lipinski definition) is 9. The molecule has 1 amide bonds. The van der Waals surface area contributed by atoms with Gasteiger partial charge in [0, 0.05) is 5.56 Å². The Balaban J connectivity index is 1.58. The van der Waals surface area contributed by atoms with Crippen molar-refractivity contribution in [2.45, 2.75) is 44.7 Å². The average molecular weight is 440 g/mol. The SMILES string of the molecule is C[NH+](Cc1c(C(=O)N/N=C/c2ccccc2O)nnn1-c1nonc1N)C1CCCCC1. The van der Waals surface area contributed by atoms with Crippen molar-refractivity contribution >= 4 is 17.9 Å². The highest BCUT2D eigenvalue weighted by Crippen LogP contribution is 2.18. The molecule has 168 valence electrons. The Morgan fingerprint density at radius 1 is 1.34 bits per heavy atom. The first kappa shape index (κ1) is 21.4. The predicted octanol–water partition coefficient (Wildman–Crippen LogP) is 0.0494. The third kappa shape index (κ3) is 4.59. The summed E-state index contributed by atoms with van der Waals surface area (Å²) >= 11 is 0. The number of carbonyl (C=O) groups is 1. The summed E-state index contributed by atoms with van der Waals surface area (Å²) in [6.07, 6.45) is 7.28. The Morgan fingerprint density at radius 2 is 2.12 bits per heavy atom. The Morgan fingerprint density at radius 3 is 2.84 bits per heavy atom. The number of nitrogens with zero attached hydrogens (tertiary/aromatic N) is 6. The molecule has 2 heterocycles. The van der Waals surface area contributed by atoms with Crippen LogP contribution in [0.1, 0.15) is 53.8 Å². The smallest absolute Gasteiger partial charge is 0.294 e. The van der Waals surface area contributed by atoms with E-state index < -0.39 is 5.91 Å². The topological polar surface area (TPSA) is 162 Å². The fourth-order valence-corrected chi connectivity index (χ4v) is 3.96. The average Bonchev–Trinajstić information content (AvgIpc) is 3.41. The van der Waals surface area contributed by atoms with E-state index in [1.54, 1.807) is 18.2 Å². The van der Waals surface area contributed by atoms with Gasteiger partial charge >= 0.3 is 0 Å². The minimum Gasteiger partial charge on any atom is -0.507 e. The van der Waals surface area contributed by atoms with Gasteiger partial charge in [0.25, 0.3) is 5.91 Å². The van der Waals surface area contributed by atoms with E-state index in [-0.39, 0.29) is 23.1 Å². The van der Waals surface area contributed by atoms with Crippen molar-refractivity contribution in [1.29, 1.82) is 0 Å². The lowest BCUT2D eigenvalue weighted by Crippen LogP contribution is -3.11. The van der Waals surface area contributed by atoms with E-state index in [4.69, 9.17) is 10.4 Å². The number of quaternary nitrogens is 1. The van der Waals surface area contributed by atoms with Gasteiger partial charge in [-0.05, 0) is 48.1 Å². The maximum Gasteiger partial charge on any atom is 0.294 e. The van der Waals surface area contributed by atoms with Gasteiger partial charge in [-0.1, -0.05) is 23.8 Å². The zero-order valence-electron chi connectivity index (χ0n) is 17.7. The lowest BCUT2D eigenvalue weighted by Gasteiger charge is -2.28. The molecular weight excluding hydrogens is 414 g/mol. The van der Waals surface area contributed by atoms with Gasteiger partial charge in [0.15, 0.2) is 5.69 Å². The highest BCUT2D eigenvalue weighted by Gasteiger charge is 2.29. The molecule has 12 nitrogen and oxygen atoms in total. The van der Waals surface area contributed by atoms with Crippen molar-refractivity contribution in [1.82, 2.24) is 30.7 Å². The number of benzene rings is 1. The lowest BCUT2D eigenvalue weighted by atomic mass is 9.94. The molecule has 1 unspecified atom stereocenters. The van der Waals surface area contributed by atoms with E-state index in [0.717, 1.165) is 12.8 Å². The molecule has 0 radical (unpaired) electrons. The number of carbonyl (C=O) groups excluding carboxylic acids is 1. The summed E-state index contributed by atoms with van der Waals surface area (Å²) < 4.78 is 6.09. The van der Waals surface area contributed by atoms with Crippen LogP contribution in [0.2, 0.25) is 0 Å². The van der Waals surface area contributed by atoms with Gasteiger partial charge in [0.2, 0.25) is 11.6 Å². The summed E-state index contributed by atoms with van der Waals surface area (Å²) in [7, 11) is 2.09. The van der Waals surface area contributed by atoms with Crippen LogP contribution < -0.4 is 16.1 Å². The van der Waals surface area contributed by atoms with E-state index in [0.29, 0.717) is 23.8 Å². The molecule has 3 aromatic rings. The van der Waals surface area contributed by atoms with E-state index in [2.05, 4.69) is 38.2 Å². The van der Waals surface area contributed by atoms with Crippen molar-refractivity contribution < 1.29 is 19.4 Å². The summed E-state index contributed by atoms with van der Waals surface area (Å²) in [4.78, 5) is 14.1. The molecule has 1 fully saturated rings. The molecule has 0 spiro atoms. The van der Waals surface area contributed by atoms with Gasteiger partial charge in [0.05, 0.1) is 19.3 Å². The number of anilines is 1. The molecule has 1 saturated carbocycles. The van der Waals surface area contributed by atoms with Gasteiger partial charge in [-0.25, -0.2) is 10.1 Å². The van der Waals surface area contributed by atoms with Crippen molar-refractivity contribution in [3.8, 4) is 11.6 Å². The molecule has 4 rings (SSSR count). The summed E-state index contributed by atoms with van der Waals surface area (Å²) in [6, 6.07) is 7.15. The summed E-state index contributed by atoms with van der Waals surface area (Å²) in [5, 5.41) is 29.3. The maximum absolute atomic E-state index is 12.9. The fourth-order valence-electron chi connectivity index (χ4n) is 3.96. The fraction of sp³-hybridized carbons (Fsp3) is 0.400. The first-order valence-corrected chi connectivity index (χ1v) is 10.5. The first-order chi connectivity index (χ1) is 15.5. The molecule has 5 N–H and O–H groups in total. The number of nitrogens with one attached hydrogen (secondary N) is 2. The minimum absolute atomic E-state index is 0.0519. The van der Waals surface area contributed by atoms with Crippen molar-refractivity contribution in [2.75, 3.05) is 12.8 Å². The highest BCUT2D eigenvalue weighted by molar-refractivity contribution is 5.94. The lowest BCUT2D eigenvalue weighted by molar-refractivity contribution is -0.921. The molecule has 32 heavy (non-hydrogen) atoms. The predicted molar refractivity (Wildman–Crippen MR) is 114 cm³/mol. The van der Waals surface area contributed by atoms with Crippen LogP contribution in [0.15, 0.2) is 34.0 Å². The third-order valence-electron chi connectivity index (χ3n) is 5.73. The van der Waals surface area contributed by atoms with Crippen LogP contribution in [-0.4, -0.2) is 55.6 Å². The number of hydrogen-bond donors (Lipinski definition) is 4. The number of amides is 1. The zero-order chi connectivity index (χ0) is 22.5. The second-order valence-corrected chi connectivity index (χ2v) is 7.89. The monoisotopic (exact) mass is 440 g/mol. The molecule has 0 saturated heterocycles. The van der Waals surface area contributed by atoms with Crippen LogP contribution in [0.3, 0.4) is 0 Å². The standard InChI is InChI=1S/C20H25N9O3/c1-28(14-8-3-2-4-9-14)12-15-17(23-27-29(15)19-18(21)25-32-26-19)20(31)24-22-11-13-7-5-6-10-16(13)30/h5-7,10-11,14,30H,2-4,8-9,12H2,1H3,(H2,21,25)(H,24,31)/p+1/b22-11+. The molecule has 12 heteroatoms. The molecule has 1 aliphatic rings. The molecule has 1 aliphatic carbocycles. The number of hydrazone groups is 1. The Labute approximate surface area is 184 Å². The minimum atomic E-state index is -0.538. The van der Waals surface area contributed by atoms with E-state index >= 15 is 0 Å². The van der Waals surface area contributed by atoms with Crippen molar-refractivity contribution in [2.24, 2.45) is 5.10 Å². The Kier molecular flexibility index (Phi) is 6.40. The summed E-state index contributed by atoms with van der Waals surface area (Å²) in [5.74, 6) is -0.245. The van der Waals surface area contributed by atoms with Crippen LogP contribution in [0.25, 0.3) is 5.82 Å². The second kappa shape index (κ2) is 9.56. The van der Waals surface area contributed by atoms with Crippen molar-refractivity contribution in [3.63, 3.8) is 0 Å². The molecule has 0 aliphatic heterocycles. The highest BCUT2D eigenvalue weighted by atomic mass is 16.6. The summed E-state index contributed by atoms with van der Waals surface area (Å²) in [6.45, 7) is 0.482. The second-order valence-electron chi connectivity index (χ2n) is 7.89. The van der Waals surface area contributed by atoms with Crippen LogP contribution in [-0.2, 0) is 6.54 Å². The molecule has 2 aromatic heterocycles. The van der Waals surface area contributed by atoms with Gasteiger partial charge in [0.1, 0.15) is 18.0 Å². The maximum atomic E-state index is 12.9. The molecule has 1 atom stereocenters. The van der Waals surface area contributed by atoms with Gasteiger partial charge in [-0.3, -0.25) is 4.79 Å². The number of nitrogen functional groups attached to an aromatic ring is 1. The third-order valence-corrected chi connectivity index (χ3v) is 5.73. The van der Waals surface area contributed by atoms with Crippen LogP contribution in [0.4, 0.5) is 5.82 Å². The van der Waals surface area contributed by atoms with Crippen LogP contribution in [0, 0.1) is 0 Å². The number of para-hydroxylation sites is 1. The van der Waals surface area contributed by atoms with Gasteiger partial charge < -0.3 is 15.7 Å². The largest absolute Gasteiger partial charge is 0.507 e. The number of aromatic hydroxyl groups is 1. The van der Waals surface area contributed by atoms with E-state index in [1.165, 1.54) is 41.1 Å². The zero-order valence-corrected chi connectivity index (χ0v) is 17.7. The number of aromatic nitrogens is 5. The van der Waals surface area contributed by atoms with Gasteiger partial charge in [-0.2, -0.15) is 9.78 Å². The van der Waals surface area contributed by atoms with Crippen LogP contribution >= 0.6 is 0 Å². The van der Waals surface area contributed by atoms with Crippen molar-refractivity contribution in [3.05, 3.63) is 41.2 Å². The molecular formula is C20H26N9O3+. The quantitative estimate of drug-likeness (QED) is 0.296. The summed E-state index contributed by atoms with van der Waals surface area (Å²) in [5.41, 5.74) is 9.41. The number of phenols is 1. The number of phenolic OH excluding ortho intramolecular Hbond substituents is 1. The first-order valence-electron chi connectivity index (χ1n) is 10.5.